The third-order valence-corrected chi connectivity index (χ3v) is 3.50. The Morgan fingerprint density at radius 2 is 1.57 bits per heavy atom. The summed E-state index contributed by atoms with van der Waals surface area (Å²) in [5, 5.41) is 2.89. The molecule has 0 spiro atoms. The van der Waals surface area contributed by atoms with Crippen LogP contribution in [0.3, 0.4) is 0 Å². The van der Waals surface area contributed by atoms with Crippen molar-refractivity contribution in [3.05, 3.63) is 53.1 Å². The Hall–Kier alpha value is -2.69. The minimum absolute atomic E-state index is 0.180. The lowest BCUT2D eigenvalue weighted by molar-refractivity contribution is 0.0947. The van der Waals surface area contributed by atoms with Crippen LogP contribution in [-0.2, 0) is 6.54 Å². The summed E-state index contributed by atoms with van der Waals surface area (Å²) >= 11 is 0. The highest BCUT2D eigenvalue weighted by Gasteiger charge is 2.12. The highest BCUT2D eigenvalue weighted by Crippen LogP contribution is 2.27. The molecule has 5 nitrogen and oxygen atoms in total. The molecular formula is C18H21NO4. The topological polar surface area (TPSA) is 56.8 Å². The van der Waals surface area contributed by atoms with Crippen molar-refractivity contribution in [2.75, 3.05) is 21.3 Å². The molecule has 2 aromatic rings. The molecule has 1 N–H and O–H groups in total. The number of carbonyl (C=O) groups is 1. The van der Waals surface area contributed by atoms with Crippen LogP contribution in [0.2, 0.25) is 0 Å². The van der Waals surface area contributed by atoms with Crippen molar-refractivity contribution >= 4 is 5.91 Å². The molecule has 2 aromatic carbocycles. The second-order valence-electron chi connectivity index (χ2n) is 5.08. The molecule has 0 unspecified atom stereocenters. The van der Waals surface area contributed by atoms with Crippen molar-refractivity contribution in [1.82, 2.24) is 5.32 Å². The lowest BCUT2D eigenvalue weighted by Gasteiger charge is -2.12. The van der Waals surface area contributed by atoms with Gasteiger partial charge in [0.15, 0.2) is 11.5 Å². The van der Waals surface area contributed by atoms with Crippen molar-refractivity contribution in [2.24, 2.45) is 0 Å². The van der Waals surface area contributed by atoms with Crippen LogP contribution < -0.4 is 19.5 Å². The summed E-state index contributed by atoms with van der Waals surface area (Å²) in [5.74, 6) is 1.66. The summed E-state index contributed by atoms with van der Waals surface area (Å²) in [6.07, 6.45) is 0. The Balaban J connectivity index is 2.12. The van der Waals surface area contributed by atoms with Gasteiger partial charge < -0.3 is 19.5 Å². The number of hydrogen-bond donors (Lipinski definition) is 1. The molecule has 0 aliphatic heterocycles. The number of rotatable bonds is 6. The van der Waals surface area contributed by atoms with Gasteiger partial charge in [-0.3, -0.25) is 4.79 Å². The minimum atomic E-state index is -0.180. The number of aryl methyl sites for hydroxylation is 1. The first-order chi connectivity index (χ1) is 11.1. The number of nitrogens with one attached hydrogen (secondary N) is 1. The first-order valence-electron chi connectivity index (χ1n) is 7.22. The summed E-state index contributed by atoms with van der Waals surface area (Å²) in [6, 6.07) is 11.0. The predicted molar refractivity (Wildman–Crippen MR) is 88.4 cm³/mol. The van der Waals surface area contributed by atoms with E-state index in [1.165, 1.54) is 0 Å². The van der Waals surface area contributed by atoms with Gasteiger partial charge in [0.05, 0.1) is 26.9 Å². The maximum atomic E-state index is 12.4. The van der Waals surface area contributed by atoms with Gasteiger partial charge in [-0.1, -0.05) is 17.7 Å². The Morgan fingerprint density at radius 3 is 2.22 bits per heavy atom. The fraction of sp³-hybridized carbons (Fsp3) is 0.278. The smallest absolute Gasteiger partial charge is 0.255 e. The van der Waals surface area contributed by atoms with Crippen LogP contribution in [0, 0.1) is 6.92 Å². The van der Waals surface area contributed by atoms with E-state index in [0.717, 1.165) is 11.1 Å². The van der Waals surface area contributed by atoms with Crippen LogP contribution in [0.15, 0.2) is 36.4 Å². The van der Waals surface area contributed by atoms with E-state index in [1.54, 1.807) is 27.4 Å². The Labute approximate surface area is 136 Å². The molecular weight excluding hydrogens is 294 g/mol. The molecule has 23 heavy (non-hydrogen) atoms. The van der Waals surface area contributed by atoms with E-state index in [-0.39, 0.29) is 5.91 Å². The third kappa shape index (κ3) is 3.94. The van der Waals surface area contributed by atoms with Gasteiger partial charge in [-0.05, 0) is 36.8 Å². The minimum Gasteiger partial charge on any atom is -0.496 e. The van der Waals surface area contributed by atoms with Crippen molar-refractivity contribution < 1.29 is 19.0 Å². The van der Waals surface area contributed by atoms with Gasteiger partial charge in [0.25, 0.3) is 5.91 Å². The molecule has 5 heteroatoms. The molecule has 1 amide bonds. The highest BCUT2D eigenvalue weighted by molar-refractivity contribution is 5.97. The van der Waals surface area contributed by atoms with Crippen molar-refractivity contribution in [3.63, 3.8) is 0 Å². The molecule has 0 aliphatic rings. The van der Waals surface area contributed by atoms with Gasteiger partial charge in [-0.2, -0.15) is 0 Å². The van der Waals surface area contributed by atoms with Gasteiger partial charge in [0.2, 0.25) is 0 Å². The van der Waals surface area contributed by atoms with E-state index < -0.39 is 0 Å². The average molecular weight is 315 g/mol. The Morgan fingerprint density at radius 1 is 0.913 bits per heavy atom. The van der Waals surface area contributed by atoms with Gasteiger partial charge in [0.1, 0.15) is 5.75 Å². The standard InChI is InChI=1S/C18H21NO4/c1-12-5-7-15(21-2)14(9-12)18(20)19-11-13-6-8-16(22-3)17(10-13)23-4/h5-10H,11H2,1-4H3,(H,19,20). The molecule has 122 valence electrons. The zero-order chi connectivity index (χ0) is 16.8. The molecule has 0 saturated carbocycles. The SMILES string of the molecule is COc1ccc(CNC(=O)c2cc(C)ccc2OC)cc1OC. The summed E-state index contributed by atoms with van der Waals surface area (Å²) in [6.45, 7) is 2.32. The number of hydrogen-bond acceptors (Lipinski definition) is 4. The van der Waals surface area contributed by atoms with Gasteiger partial charge >= 0.3 is 0 Å². The largest absolute Gasteiger partial charge is 0.496 e. The van der Waals surface area contributed by atoms with E-state index in [1.807, 2.05) is 37.3 Å². The van der Waals surface area contributed by atoms with E-state index in [4.69, 9.17) is 14.2 Å². The number of carbonyl (C=O) groups excluding carboxylic acids is 1. The van der Waals surface area contributed by atoms with Crippen LogP contribution in [-0.4, -0.2) is 27.2 Å². The lowest BCUT2D eigenvalue weighted by atomic mass is 10.1. The van der Waals surface area contributed by atoms with Crippen LogP contribution in [0.4, 0.5) is 0 Å². The fourth-order valence-corrected chi connectivity index (χ4v) is 2.27. The Kier molecular flexibility index (Phi) is 5.46. The van der Waals surface area contributed by atoms with Crippen LogP contribution >= 0.6 is 0 Å². The second-order valence-corrected chi connectivity index (χ2v) is 5.08. The van der Waals surface area contributed by atoms with E-state index in [9.17, 15) is 4.79 Å². The molecule has 0 atom stereocenters. The lowest BCUT2D eigenvalue weighted by Crippen LogP contribution is -2.23. The Bertz CT molecular complexity index is 697. The first kappa shape index (κ1) is 16.7. The third-order valence-electron chi connectivity index (χ3n) is 3.50. The van der Waals surface area contributed by atoms with Crippen molar-refractivity contribution in [3.8, 4) is 17.2 Å². The van der Waals surface area contributed by atoms with E-state index in [2.05, 4.69) is 5.32 Å². The summed E-state index contributed by atoms with van der Waals surface area (Å²) in [4.78, 5) is 12.4. The number of ether oxygens (including phenoxy) is 3. The molecule has 0 bridgehead atoms. The zero-order valence-electron chi connectivity index (χ0n) is 13.8. The fourth-order valence-electron chi connectivity index (χ4n) is 2.27. The van der Waals surface area contributed by atoms with E-state index in [0.29, 0.717) is 29.4 Å². The maximum Gasteiger partial charge on any atom is 0.255 e. The molecule has 0 aliphatic carbocycles. The molecule has 0 radical (unpaired) electrons. The van der Waals surface area contributed by atoms with Gasteiger partial charge in [-0.25, -0.2) is 0 Å². The van der Waals surface area contributed by atoms with Crippen molar-refractivity contribution in [1.29, 1.82) is 0 Å². The average Bonchev–Trinajstić information content (AvgIpc) is 2.59. The monoisotopic (exact) mass is 315 g/mol. The van der Waals surface area contributed by atoms with Crippen LogP contribution in [0.5, 0.6) is 17.2 Å². The zero-order valence-corrected chi connectivity index (χ0v) is 13.8. The number of methoxy groups -OCH3 is 3. The molecule has 0 aromatic heterocycles. The number of amides is 1. The first-order valence-corrected chi connectivity index (χ1v) is 7.22. The molecule has 0 heterocycles. The van der Waals surface area contributed by atoms with Crippen LogP contribution in [0.1, 0.15) is 21.5 Å². The van der Waals surface area contributed by atoms with E-state index >= 15 is 0 Å². The second kappa shape index (κ2) is 7.54. The van der Waals surface area contributed by atoms with Gasteiger partial charge in [0, 0.05) is 6.54 Å². The maximum absolute atomic E-state index is 12.4. The summed E-state index contributed by atoms with van der Waals surface area (Å²) in [7, 11) is 4.72. The molecule has 0 fully saturated rings. The highest BCUT2D eigenvalue weighted by atomic mass is 16.5. The summed E-state index contributed by atoms with van der Waals surface area (Å²) in [5.41, 5.74) is 2.44. The van der Waals surface area contributed by atoms with Crippen LogP contribution in [0.25, 0.3) is 0 Å². The normalized spacial score (nSPS) is 10.1. The number of benzene rings is 2. The summed E-state index contributed by atoms with van der Waals surface area (Å²) < 4.78 is 15.7. The van der Waals surface area contributed by atoms with Gasteiger partial charge in [-0.15, -0.1) is 0 Å². The van der Waals surface area contributed by atoms with Crippen molar-refractivity contribution in [2.45, 2.75) is 13.5 Å². The molecule has 0 saturated heterocycles. The molecule has 2 rings (SSSR count). The quantitative estimate of drug-likeness (QED) is 0.890. The predicted octanol–water partition coefficient (Wildman–Crippen LogP) is 2.95.